The van der Waals surface area contributed by atoms with E-state index in [0.717, 1.165) is 58.3 Å². The van der Waals surface area contributed by atoms with Crippen LogP contribution in [-0.2, 0) is 24.2 Å². The molecule has 2 aliphatic rings. The van der Waals surface area contributed by atoms with Crippen molar-refractivity contribution in [2.75, 3.05) is 44.3 Å². The molecule has 2 heterocycles. The third-order valence-electron chi connectivity index (χ3n) is 5.49. The first-order valence-corrected chi connectivity index (χ1v) is 10.4. The molecule has 156 valence electrons. The van der Waals surface area contributed by atoms with Crippen molar-refractivity contribution in [1.29, 1.82) is 0 Å². The van der Waals surface area contributed by atoms with Crippen LogP contribution in [0.25, 0.3) is 0 Å². The van der Waals surface area contributed by atoms with Gasteiger partial charge >= 0.3 is 0 Å². The fourth-order valence-corrected chi connectivity index (χ4v) is 3.98. The second kappa shape index (κ2) is 10.9. The number of morpholine rings is 1. The number of fused-ring (bicyclic) bond motifs is 1. The van der Waals surface area contributed by atoms with E-state index in [2.05, 4.69) is 70.6 Å². The van der Waals surface area contributed by atoms with Crippen LogP contribution in [0, 0.1) is 0 Å². The largest absolute Gasteiger partial charge is 0.379 e. The average molecular weight is 506 g/mol. The first-order valence-electron chi connectivity index (χ1n) is 10.4. The number of rotatable bonds is 5. The molecule has 2 aromatic carbocycles. The van der Waals surface area contributed by atoms with Crippen molar-refractivity contribution in [2.45, 2.75) is 26.4 Å². The molecule has 5 nitrogen and oxygen atoms in total. The van der Waals surface area contributed by atoms with Crippen molar-refractivity contribution < 1.29 is 4.74 Å². The second-order valence-corrected chi connectivity index (χ2v) is 7.36. The summed E-state index contributed by atoms with van der Waals surface area (Å²) in [4.78, 5) is 9.80. The van der Waals surface area contributed by atoms with Crippen molar-refractivity contribution in [3.05, 3.63) is 65.2 Å². The average Bonchev–Trinajstić information content (AvgIpc) is 3.17. The van der Waals surface area contributed by atoms with Crippen LogP contribution >= 0.6 is 24.0 Å². The Hall–Kier alpha value is -1.64. The van der Waals surface area contributed by atoms with E-state index in [9.17, 15) is 0 Å². The van der Waals surface area contributed by atoms with Crippen LogP contribution in [0.15, 0.2) is 53.5 Å². The maximum atomic E-state index is 5.48. The lowest BCUT2D eigenvalue weighted by Gasteiger charge is -2.27. The number of nitrogens with one attached hydrogen (secondary N) is 1. The summed E-state index contributed by atoms with van der Waals surface area (Å²) in [6.45, 7) is 9.32. The molecule has 2 aromatic rings. The van der Waals surface area contributed by atoms with Crippen molar-refractivity contribution in [1.82, 2.24) is 10.2 Å². The van der Waals surface area contributed by atoms with Crippen molar-refractivity contribution >= 4 is 35.6 Å². The topological polar surface area (TPSA) is 40.1 Å². The number of aliphatic imine (C=N–C) groups is 1. The van der Waals surface area contributed by atoms with Gasteiger partial charge in [-0.3, -0.25) is 4.90 Å². The number of benzene rings is 2. The molecule has 0 spiro atoms. The molecule has 1 fully saturated rings. The van der Waals surface area contributed by atoms with Crippen LogP contribution in [0.4, 0.5) is 5.69 Å². The van der Waals surface area contributed by atoms with Gasteiger partial charge in [0.05, 0.1) is 19.8 Å². The van der Waals surface area contributed by atoms with Crippen LogP contribution in [0.2, 0.25) is 0 Å². The second-order valence-electron chi connectivity index (χ2n) is 7.36. The van der Waals surface area contributed by atoms with E-state index in [1.807, 2.05) is 0 Å². The van der Waals surface area contributed by atoms with Gasteiger partial charge in [-0.25, -0.2) is 4.99 Å². The van der Waals surface area contributed by atoms with Crippen LogP contribution < -0.4 is 10.2 Å². The maximum Gasteiger partial charge on any atom is 0.198 e. The van der Waals surface area contributed by atoms with Crippen molar-refractivity contribution in [3.63, 3.8) is 0 Å². The van der Waals surface area contributed by atoms with Gasteiger partial charge in [0.1, 0.15) is 0 Å². The summed E-state index contributed by atoms with van der Waals surface area (Å²) < 4.78 is 5.48. The number of hydrogen-bond acceptors (Lipinski definition) is 3. The molecule has 1 saturated heterocycles. The van der Waals surface area contributed by atoms with E-state index in [0.29, 0.717) is 6.54 Å². The zero-order valence-electron chi connectivity index (χ0n) is 17.1. The molecule has 6 heteroatoms. The van der Waals surface area contributed by atoms with E-state index < -0.39 is 0 Å². The highest BCUT2D eigenvalue weighted by Gasteiger charge is 2.22. The number of guanidine groups is 1. The number of para-hydroxylation sites is 1. The quantitative estimate of drug-likeness (QED) is 0.382. The first-order chi connectivity index (χ1) is 13.8. The number of anilines is 1. The van der Waals surface area contributed by atoms with Crippen molar-refractivity contribution in [2.24, 2.45) is 4.99 Å². The smallest absolute Gasteiger partial charge is 0.198 e. The lowest BCUT2D eigenvalue weighted by Crippen LogP contribution is -2.40. The molecule has 1 N–H and O–H groups in total. The minimum absolute atomic E-state index is 0. The molecule has 0 aromatic heterocycles. The molecule has 0 bridgehead atoms. The molecule has 4 rings (SSSR count). The Morgan fingerprint density at radius 3 is 2.52 bits per heavy atom. The predicted molar refractivity (Wildman–Crippen MR) is 130 cm³/mol. The molecule has 0 amide bonds. The normalized spacial score (nSPS) is 17.0. The Labute approximate surface area is 191 Å². The van der Waals surface area contributed by atoms with Gasteiger partial charge in [0, 0.05) is 38.4 Å². The van der Waals surface area contributed by atoms with Gasteiger partial charge in [-0.1, -0.05) is 42.5 Å². The highest BCUT2D eigenvalue weighted by molar-refractivity contribution is 14.0. The molecule has 0 saturated carbocycles. The number of halogens is 1. The Balaban J connectivity index is 0.00000240. The number of hydrogen-bond donors (Lipinski definition) is 1. The summed E-state index contributed by atoms with van der Waals surface area (Å²) in [6.07, 6.45) is 1.08. The Morgan fingerprint density at radius 2 is 1.72 bits per heavy atom. The minimum atomic E-state index is 0. The summed E-state index contributed by atoms with van der Waals surface area (Å²) >= 11 is 0. The fraction of sp³-hybridized carbons (Fsp3) is 0.435. The van der Waals surface area contributed by atoms with Crippen LogP contribution in [0.5, 0.6) is 0 Å². The van der Waals surface area contributed by atoms with E-state index in [1.54, 1.807) is 0 Å². The fourth-order valence-electron chi connectivity index (χ4n) is 3.98. The van der Waals surface area contributed by atoms with E-state index in [-0.39, 0.29) is 24.0 Å². The SMILES string of the molecule is CCNC(=NCc1ccccc1CN1CCOCC1)N1CCc2ccccc21.I. The van der Waals surface area contributed by atoms with Crippen LogP contribution in [0.1, 0.15) is 23.6 Å². The molecule has 0 unspecified atom stereocenters. The number of nitrogens with zero attached hydrogens (tertiary/aromatic N) is 3. The summed E-state index contributed by atoms with van der Waals surface area (Å²) in [5.74, 6) is 0.980. The Kier molecular flexibility index (Phi) is 8.32. The number of ether oxygens (including phenoxy) is 1. The molecule has 0 radical (unpaired) electrons. The Morgan fingerprint density at radius 1 is 1.00 bits per heavy atom. The standard InChI is InChI=1S/C23H30N4O.HI/c1-2-24-23(27-12-11-19-7-5-6-10-22(19)27)25-17-20-8-3-4-9-21(20)18-26-13-15-28-16-14-26;/h3-10H,2,11-18H2,1H3,(H,24,25);1H. The molecular formula is C23H31IN4O. The lowest BCUT2D eigenvalue weighted by molar-refractivity contribution is 0.0341. The van der Waals surface area contributed by atoms with E-state index in [1.165, 1.54) is 22.4 Å². The van der Waals surface area contributed by atoms with Crippen molar-refractivity contribution in [3.8, 4) is 0 Å². The molecule has 29 heavy (non-hydrogen) atoms. The zero-order valence-corrected chi connectivity index (χ0v) is 19.5. The maximum absolute atomic E-state index is 5.48. The molecular weight excluding hydrogens is 475 g/mol. The van der Waals surface area contributed by atoms with Gasteiger partial charge in [-0.15, -0.1) is 24.0 Å². The van der Waals surface area contributed by atoms with Crippen LogP contribution in [0.3, 0.4) is 0 Å². The summed E-state index contributed by atoms with van der Waals surface area (Å²) in [5, 5.41) is 3.49. The minimum Gasteiger partial charge on any atom is -0.379 e. The van der Waals surface area contributed by atoms with E-state index >= 15 is 0 Å². The Bertz CT molecular complexity index is 820. The third-order valence-corrected chi connectivity index (χ3v) is 5.49. The molecule has 0 aliphatic carbocycles. The van der Waals surface area contributed by atoms with Gasteiger partial charge < -0.3 is 15.0 Å². The van der Waals surface area contributed by atoms with Crippen LogP contribution in [-0.4, -0.2) is 50.3 Å². The zero-order chi connectivity index (χ0) is 19.2. The third kappa shape index (κ3) is 5.49. The summed E-state index contributed by atoms with van der Waals surface area (Å²) in [6, 6.07) is 17.3. The monoisotopic (exact) mass is 506 g/mol. The summed E-state index contributed by atoms with van der Waals surface area (Å²) in [7, 11) is 0. The molecule has 0 atom stereocenters. The molecule has 2 aliphatic heterocycles. The first kappa shape index (κ1) is 22.1. The summed E-state index contributed by atoms with van der Waals surface area (Å²) in [5.41, 5.74) is 5.35. The highest BCUT2D eigenvalue weighted by Crippen LogP contribution is 2.27. The van der Waals surface area contributed by atoms with Gasteiger partial charge in [-0.05, 0) is 36.1 Å². The highest BCUT2D eigenvalue weighted by atomic mass is 127. The van der Waals surface area contributed by atoms with Gasteiger partial charge in [0.25, 0.3) is 0 Å². The van der Waals surface area contributed by atoms with Gasteiger partial charge in [0.15, 0.2) is 5.96 Å². The van der Waals surface area contributed by atoms with Gasteiger partial charge in [-0.2, -0.15) is 0 Å². The predicted octanol–water partition coefficient (Wildman–Crippen LogP) is 3.67. The van der Waals surface area contributed by atoms with E-state index in [4.69, 9.17) is 9.73 Å². The lowest BCUT2D eigenvalue weighted by atomic mass is 10.1. The van der Waals surface area contributed by atoms with Gasteiger partial charge in [0.2, 0.25) is 0 Å².